The van der Waals surface area contributed by atoms with E-state index in [1.807, 2.05) is 26.0 Å². The zero-order chi connectivity index (χ0) is 21.3. The minimum Gasteiger partial charge on any atom is -0.494 e. The Morgan fingerprint density at radius 3 is 2.10 bits per heavy atom. The molecule has 0 aliphatic heterocycles. The lowest BCUT2D eigenvalue weighted by molar-refractivity contribution is 0.0734. The van der Waals surface area contributed by atoms with Crippen molar-refractivity contribution < 1.29 is 19.1 Å². The zero-order valence-corrected chi connectivity index (χ0v) is 16.8. The molecule has 0 atom stereocenters. The number of benzene rings is 3. The van der Waals surface area contributed by atoms with Crippen LogP contribution in [0, 0.1) is 6.92 Å². The molecule has 0 aliphatic carbocycles. The molecule has 30 heavy (non-hydrogen) atoms. The molecule has 0 heterocycles. The molecule has 0 aliphatic rings. The smallest absolute Gasteiger partial charge is 0.343 e. The molecule has 1 N–H and O–H groups in total. The van der Waals surface area contributed by atoms with Crippen molar-refractivity contribution in [1.82, 2.24) is 5.43 Å². The molecule has 0 spiro atoms. The van der Waals surface area contributed by atoms with Crippen LogP contribution in [0.2, 0.25) is 0 Å². The summed E-state index contributed by atoms with van der Waals surface area (Å²) in [5, 5.41) is 3.96. The van der Waals surface area contributed by atoms with Gasteiger partial charge in [-0.25, -0.2) is 10.2 Å². The van der Waals surface area contributed by atoms with E-state index in [0.29, 0.717) is 29.2 Å². The third-order valence-electron chi connectivity index (χ3n) is 4.19. The summed E-state index contributed by atoms with van der Waals surface area (Å²) in [6, 6.07) is 20.8. The lowest BCUT2D eigenvalue weighted by atomic mass is 10.1. The topological polar surface area (TPSA) is 77.0 Å². The van der Waals surface area contributed by atoms with E-state index < -0.39 is 5.97 Å². The number of carbonyl (C=O) groups is 2. The fraction of sp³-hybridized carbons (Fsp3) is 0.125. The molecule has 6 heteroatoms. The van der Waals surface area contributed by atoms with Crippen molar-refractivity contribution in [2.45, 2.75) is 13.8 Å². The monoisotopic (exact) mass is 402 g/mol. The highest BCUT2D eigenvalue weighted by Gasteiger charge is 2.09. The van der Waals surface area contributed by atoms with Crippen molar-refractivity contribution in [2.24, 2.45) is 5.10 Å². The quantitative estimate of drug-likeness (QED) is 0.275. The van der Waals surface area contributed by atoms with Crippen LogP contribution in [0.5, 0.6) is 11.5 Å². The molecule has 3 aromatic rings. The fourth-order valence-corrected chi connectivity index (χ4v) is 2.58. The minimum absolute atomic E-state index is 0.285. The van der Waals surface area contributed by atoms with Gasteiger partial charge in [0.1, 0.15) is 11.5 Å². The SMILES string of the molecule is CCOc1ccc(C(=O)Oc2ccc(C=NNC(=O)c3ccc(C)cc3)cc2)cc1. The van der Waals surface area contributed by atoms with Gasteiger partial charge in [0.25, 0.3) is 5.91 Å². The molecular weight excluding hydrogens is 380 g/mol. The average molecular weight is 402 g/mol. The highest BCUT2D eigenvalue weighted by Crippen LogP contribution is 2.16. The van der Waals surface area contributed by atoms with E-state index in [1.165, 1.54) is 6.21 Å². The van der Waals surface area contributed by atoms with E-state index in [2.05, 4.69) is 10.5 Å². The number of hydrazone groups is 1. The number of hydrogen-bond donors (Lipinski definition) is 1. The van der Waals surface area contributed by atoms with Crippen LogP contribution in [-0.4, -0.2) is 24.7 Å². The second-order valence-corrected chi connectivity index (χ2v) is 6.48. The first-order valence-corrected chi connectivity index (χ1v) is 9.50. The molecule has 0 bridgehead atoms. The van der Waals surface area contributed by atoms with E-state index in [4.69, 9.17) is 9.47 Å². The Morgan fingerprint density at radius 1 is 0.867 bits per heavy atom. The van der Waals surface area contributed by atoms with Crippen LogP contribution in [0.4, 0.5) is 0 Å². The van der Waals surface area contributed by atoms with Gasteiger partial charge in [-0.2, -0.15) is 5.10 Å². The van der Waals surface area contributed by atoms with Crippen molar-refractivity contribution in [3.8, 4) is 11.5 Å². The second kappa shape index (κ2) is 10.0. The van der Waals surface area contributed by atoms with E-state index in [-0.39, 0.29) is 5.91 Å². The van der Waals surface area contributed by atoms with E-state index in [0.717, 1.165) is 11.1 Å². The lowest BCUT2D eigenvalue weighted by Crippen LogP contribution is -2.17. The predicted octanol–water partition coefficient (Wildman–Crippen LogP) is 4.38. The summed E-state index contributed by atoms with van der Waals surface area (Å²) in [7, 11) is 0. The number of esters is 1. The predicted molar refractivity (Wildman–Crippen MR) is 115 cm³/mol. The summed E-state index contributed by atoms with van der Waals surface area (Å²) >= 11 is 0. The number of rotatable bonds is 7. The number of amides is 1. The maximum atomic E-state index is 12.2. The van der Waals surface area contributed by atoms with E-state index in [1.54, 1.807) is 60.7 Å². The van der Waals surface area contributed by atoms with Crippen molar-refractivity contribution in [2.75, 3.05) is 6.61 Å². The molecule has 6 nitrogen and oxygen atoms in total. The van der Waals surface area contributed by atoms with Crippen LogP contribution >= 0.6 is 0 Å². The van der Waals surface area contributed by atoms with Crippen molar-refractivity contribution in [3.63, 3.8) is 0 Å². The molecule has 0 radical (unpaired) electrons. The van der Waals surface area contributed by atoms with Crippen molar-refractivity contribution in [3.05, 3.63) is 95.1 Å². The molecule has 0 saturated carbocycles. The van der Waals surface area contributed by atoms with Gasteiger partial charge in [0.15, 0.2) is 0 Å². The Labute approximate surface area is 175 Å². The average Bonchev–Trinajstić information content (AvgIpc) is 2.76. The summed E-state index contributed by atoms with van der Waals surface area (Å²) in [6.45, 7) is 4.42. The Hall–Kier alpha value is -3.93. The summed E-state index contributed by atoms with van der Waals surface area (Å²) in [5.74, 6) is 0.374. The number of aryl methyl sites for hydroxylation is 1. The Balaban J connectivity index is 1.54. The van der Waals surface area contributed by atoms with Gasteiger partial charge < -0.3 is 9.47 Å². The largest absolute Gasteiger partial charge is 0.494 e. The van der Waals surface area contributed by atoms with Crippen LogP contribution in [0.3, 0.4) is 0 Å². The first-order chi connectivity index (χ1) is 14.5. The molecule has 1 amide bonds. The molecule has 0 fully saturated rings. The molecule has 0 saturated heterocycles. The van der Waals surface area contributed by atoms with Gasteiger partial charge >= 0.3 is 5.97 Å². The van der Waals surface area contributed by atoms with Crippen LogP contribution in [-0.2, 0) is 0 Å². The highest BCUT2D eigenvalue weighted by atomic mass is 16.5. The second-order valence-electron chi connectivity index (χ2n) is 6.48. The van der Waals surface area contributed by atoms with Crippen LogP contribution in [0.15, 0.2) is 77.9 Å². The molecule has 152 valence electrons. The Morgan fingerprint density at radius 2 is 1.47 bits per heavy atom. The zero-order valence-electron chi connectivity index (χ0n) is 16.8. The summed E-state index contributed by atoms with van der Waals surface area (Å²) in [5.41, 5.74) is 5.29. The fourth-order valence-electron chi connectivity index (χ4n) is 2.58. The normalized spacial score (nSPS) is 10.6. The highest BCUT2D eigenvalue weighted by molar-refractivity contribution is 5.95. The minimum atomic E-state index is -0.454. The number of carbonyl (C=O) groups excluding carboxylic acids is 2. The summed E-state index contributed by atoms with van der Waals surface area (Å²) in [4.78, 5) is 24.3. The molecule has 3 rings (SSSR count). The third kappa shape index (κ3) is 5.78. The number of nitrogens with one attached hydrogen (secondary N) is 1. The first-order valence-electron chi connectivity index (χ1n) is 9.50. The van der Waals surface area contributed by atoms with Gasteiger partial charge in [0, 0.05) is 5.56 Å². The van der Waals surface area contributed by atoms with Gasteiger partial charge in [-0.1, -0.05) is 17.7 Å². The van der Waals surface area contributed by atoms with Crippen LogP contribution in [0.25, 0.3) is 0 Å². The molecule has 3 aromatic carbocycles. The van der Waals surface area contributed by atoms with Gasteiger partial charge in [0.2, 0.25) is 0 Å². The van der Waals surface area contributed by atoms with Gasteiger partial charge in [-0.15, -0.1) is 0 Å². The number of hydrogen-bond acceptors (Lipinski definition) is 5. The van der Waals surface area contributed by atoms with Crippen molar-refractivity contribution in [1.29, 1.82) is 0 Å². The van der Waals surface area contributed by atoms with E-state index in [9.17, 15) is 9.59 Å². The Bertz CT molecular complexity index is 1020. The molecule has 0 aromatic heterocycles. The van der Waals surface area contributed by atoms with Crippen molar-refractivity contribution >= 4 is 18.1 Å². The van der Waals surface area contributed by atoms with Gasteiger partial charge in [0.05, 0.1) is 18.4 Å². The summed E-state index contributed by atoms with van der Waals surface area (Å²) in [6.07, 6.45) is 1.52. The molecule has 0 unspecified atom stereocenters. The third-order valence-corrected chi connectivity index (χ3v) is 4.19. The maximum Gasteiger partial charge on any atom is 0.343 e. The first kappa shape index (κ1) is 20.8. The maximum absolute atomic E-state index is 12.2. The lowest BCUT2D eigenvalue weighted by Gasteiger charge is -2.06. The standard InChI is InChI=1S/C24H22N2O4/c1-3-29-21-14-10-20(11-15-21)24(28)30-22-12-6-18(7-13-22)16-25-26-23(27)19-8-4-17(2)5-9-19/h4-16H,3H2,1-2H3,(H,26,27). The van der Waals surface area contributed by atoms with Crippen LogP contribution < -0.4 is 14.9 Å². The number of nitrogens with zero attached hydrogens (tertiary/aromatic N) is 1. The van der Waals surface area contributed by atoms with Crippen LogP contribution in [0.1, 0.15) is 38.8 Å². The van der Waals surface area contributed by atoms with E-state index >= 15 is 0 Å². The summed E-state index contributed by atoms with van der Waals surface area (Å²) < 4.78 is 10.7. The number of ether oxygens (including phenoxy) is 2. The Kier molecular flexibility index (Phi) is 6.95. The van der Waals surface area contributed by atoms with Gasteiger partial charge in [-0.3, -0.25) is 4.79 Å². The molecular formula is C24H22N2O4. The van der Waals surface area contributed by atoms with Gasteiger partial charge in [-0.05, 0) is 80.1 Å².